The molecule has 1 aromatic carbocycles. The van der Waals surface area contributed by atoms with Crippen LogP contribution in [0.5, 0.6) is 0 Å². The monoisotopic (exact) mass is 230 g/mol. The first-order valence-electron chi connectivity index (χ1n) is 2.78. The summed E-state index contributed by atoms with van der Waals surface area (Å²) in [6.45, 7) is 0. The molecule has 0 radical (unpaired) electrons. The van der Waals surface area contributed by atoms with Gasteiger partial charge in [0, 0.05) is 5.02 Å². The zero-order valence-corrected chi connectivity index (χ0v) is 11.2. The Morgan fingerprint density at radius 2 is 1.92 bits per heavy atom. The molecule has 0 aliphatic carbocycles. The van der Waals surface area contributed by atoms with Gasteiger partial charge in [0.15, 0.2) is 0 Å². The first kappa shape index (κ1) is 13.1. The van der Waals surface area contributed by atoms with Gasteiger partial charge in [-0.05, 0) is 18.2 Å². The Morgan fingerprint density at radius 1 is 1.33 bits per heavy atom. The fourth-order valence-corrected chi connectivity index (χ4v) is 1.46. The summed E-state index contributed by atoms with van der Waals surface area (Å²) in [5, 5.41) is 5.20. The van der Waals surface area contributed by atoms with Crippen LogP contribution in [0, 0.1) is 0 Å². The third-order valence-electron chi connectivity index (χ3n) is 1.12. The van der Waals surface area contributed by atoms with Crippen molar-refractivity contribution in [3.8, 4) is 0 Å². The second-order valence-electron chi connectivity index (χ2n) is 2.00. The molecule has 0 amide bonds. The van der Waals surface area contributed by atoms with Crippen molar-refractivity contribution in [2.45, 2.75) is 4.90 Å². The fourth-order valence-electron chi connectivity index (χ4n) is 0.644. The Morgan fingerprint density at radius 3 is 2.25 bits per heavy atom. The molecule has 0 bridgehead atoms. The van der Waals surface area contributed by atoms with Crippen molar-refractivity contribution in [2.24, 2.45) is 5.14 Å². The largest absolute Gasteiger partial charge is 1.00 e. The third kappa shape index (κ3) is 3.84. The molecule has 0 aromatic heterocycles. The molecule has 1 rings (SSSR count). The van der Waals surface area contributed by atoms with Crippen molar-refractivity contribution < 1.29 is 59.8 Å². The smallest absolute Gasteiger partial charge is 0.225 e. The molecule has 0 unspecified atom stereocenters. The molecule has 0 atom stereocenters. The van der Waals surface area contributed by atoms with Crippen LogP contribution in [0.4, 0.5) is 0 Å². The van der Waals surface area contributed by atoms with Gasteiger partial charge in [0.25, 0.3) is 0 Å². The molecule has 0 saturated carbocycles. The van der Waals surface area contributed by atoms with E-state index in [2.05, 4.69) is 0 Å². The van der Waals surface area contributed by atoms with E-state index in [0.717, 1.165) is 0 Å². The Hall–Kier alpha value is 1.06. The van der Waals surface area contributed by atoms with Gasteiger partial charge in [-0.15, -0.1) is 0 Å². The van der Waals surface area contributed by atoms with Gasteiger partial charge in [-0.2, -0.15) is 0 Å². The molecule has 0 fully saturated rings. The number of rotatable bonds is 1. The second-order valence-corrected chi connectivity index (χ2v) is 4.00. The van der Waals surface area contributed by atoms with Gasteiger partial charge >= 0.3 is 51.4 Å². The van der Waals surface area contributed by atoms with E-state index in [9.17, 15) is 8.42 Å². The van der Waals surface area contributed by atoms with Crippen LogP contribution >= 0.6 is 11.6 Å². The summed E-state index contributed by atoms with van der Waals surface area (Å²) >= 11 is 5.53. The molecule has 0 aliphatic rings. The van der Waals surface area contributed by atoms with Gasteiger partial charge in [0.1, 0.15) is 0 Å². The van der Waals surface area contributed by atoms with E-state index in [0.29, 0.717) is 5.02 Å². The van der Waals surface area contributed by atoms with Crippen molar-refractivity contribution in [1.29, 1.82) is 0 Å². The van der Waals surface area contributed by atoms with Gasteiger partial charge in [0.05, 0.1) is 4.90 Å². The van der Waals surface area contributed by atoms with E-state index in [-0.39, 0.29) is 56.3 Å². The van der Waals surface area contributed by atoms with Crippen molar-refractivity contribution in [3.63, 3.8) is 0 Å². The topological polar surface area (TPSA) is 60.2 Å². The number of benzene rings is 1. The molecule has 0 aliphatic heterocycles. The average molecular weight is 231 g/mol. The van der Waals surface area contributed by atoms with E-state index >= 15 is 0 Å². The van der Waals surface area contributed by atoms with Gasteiger partial charge < -0.3 is 0 Å². The molecule has 12 heavy (non-hydrogen) atoms. The van der Waals surface area contributed by atoms with Crippen LogP contribution in [0.25, 0.3) is 0 Å². The number of nitrogens with two attached hydrogens (primary N) is 1. The summed E-state index contributed by atoms with van der Waals surface area (Å²) in [5.74, 6) is 0. The predicted octanol–water partition coefficient (Wildman–Crippen LogP) is -2.01. The Kier molecular flexibility index (Phi) is 5.51. The van der Waals surface area contributed by atoms with Gasteiger partial charge in [-0.25, -0.2) is 13.6 Å². The van der Waals surface area contributed by atoms with Crippen LogP contribution in [0.15, 0.2) is 29.2 Å². The maximum atomic E-state index is 10.7. The fraction of sp³-hybridized carbons (Fsp3) is 0. The van der Waals surface area contributed by atoms with Crippen LogP contribution < -0.4 is 56.5 Å². The average Bonchev–Trinajstić information content (AvgIpc) is 1.86. The van der Waals surface area contributed by atoms with Crippen LogP contribution in [0.2, 0.25) is 5.02 Å². The maximum Gasteiger partial charge on any atom is 1.00 e. The van der Waals surface area contributed by atoms with Crippen LogP contribution in [-0.4, -0.2) is 8.42 Å². The molecular weight excluding hydrogens is 225 g/mol. The number of halogens is 1. The second kappa shape index (κ2) is 5.07. The standard InChI is InChI=1S/C6H6ClNO2S.K/c7-5-2-1-3-6(4-5)11(8,9)10;/h1-4H,(H2,8,9,10);/q;+1. The van der Waals surface area contributed by atoms with Crippen molar-refractivity contribution in [1.82, 2.24) is 0 Å². The predicted molar refractivity (Wildman–Crippen MR) is 42.8 cm³/mol. The van der Waals surface area contributed by atoms with Crippen LogP contribution in [-0.2, 0) is 10.0 Å². The molecule has 6 heteroatoms. The molecule has 0 saturated heterocycles. The summed E-state index contributed by atoms with van der Waals surface area (Å²) in [6, 6.07) is 5.80. The molecule has 60 valence electrons. The molecular formula is C6H6ClKNO2S+. The molecule has 2 N–H and O–H groups in total. The van der Waals surface area contributed by atoms with E-state index in [1.807, 2.05) is 0 Å². The normalized spacial score (nSPS) is 10.5. The van der Waals surface area contributed by atoms with Gasteiger partial charge in [0.2, 0.25) is 10.0 Å². The minimum atomic E-state index is -3.61. The molecule has 0 spiro atoms. The number of sulfonamides is 1. The molecule has 0 heterocycles. The molecule has 3 nitrogen and oxygen atoms in total. The minimum absolute atomic E-state index is 0. The van der Waals surface area contributed by atoms with Crippen molar-refractivity contribution in [3.05, 3.63) is 29.3 Å². The van der Waals surface area contributed by atoms with Crippen molar-refractivity contribution in [2.75, 3.05) is 0 Å². The zero-order chi connectivity index (χ0) is 8.48. The first-order valence-corrected chi connectivity index (χ1v) is 4.71. The Balaban J connectivity index is 0.00000121. The summed E-state index contributed by atoms with van der Waals surface area (Å²) in [7, 11) is -3.61. The summed E-state index contributed by atoms with van der Waals surface area (Å²) in [4.78, 5) is 0.0324. The van der Waals surface area contributed by atoms with E-state index in [4.69, 9.17) is 16.7 Å². The summed E-state index contributed by atoms with van der Waals surface area (Å²) in [5.41, 5.74) is 0. The van der Waals surface area contributed by atoms with E-state index in [1.54, 1.807) is 6.07 Å². The van der Waals surface area contributed by atoms with Gasteiger partial charge in [-0.1, -0.05) is 17.7 Å². The summed E-state index contributed by atoms with van der Waals surface area (Å²) < 4.78 is 21.4. The van der Waals surface area contributed by atoms with E-state index in [1.165, 1.54) is 18.2 Å². The van der Waals surface area contributed by atoms with Gasteiger partial charge in [-0.3, -0.25) is 0 Å². The quantitative estimate of drug-likeness (QED) is 0.567. The van der Waals surface area contributed by atoms with Crippen molar-refractivity contribution >= 4 is 21.6 Å². The Labute approximate surface area is 119 Å². The molecule has 1 aromatic rings. The minimum Gasteiger partial charge on any atom is -0.225 e. The van der Waals surface area contributed by atoms with Crippen LogP contribution in [0.1, 0.15) is 0 Å². The zero-order valence-electron chi connectivity index (χ0n) is 6.49. The number of hydrogen-bond acceptors (Lipinski definition) is 2. The van der Waals surface area contributed by atoms with Crippen LogP contribution in [0.3, 0.4) is 0 Å². The number of hydrogen-bond donors (Lipinski definition) is 1. The first-order chi connectivity index (χ1) is 5.00. The number of primary sulfonamides is 1. The third-order valence-corrected chi connectivity index (χ3v) is 2.27. The van der Waals surface area contributed by atoms with E-state index < -0.39 is 10.0 Å². The Bertz CT molecular complexity index is 366. The SMILES string of the molecule is NS(=O)(=O)c1cccc(Cl)c1.[K+]. The summed E-state index contributed by atoms with van der Waals surface area (Å²) in [6.07, 6.45) is 0. The maximum absolute atomic E-state index is 10.7.